The van der Waals surface area contributed by atoms with Gasteiger partial charge in [0, 0.05) is 0 Å². The molecule has 0 aliphatic heterocycles. The summed E-state index contributed by atoms with van der Waals surface area (Å²) in [5.74, 6) is -0.658. The topological polar surface area (TPSA) is 40.5 Å². The van der Waals surface area contributed by atoms with E-state index in [0.717, 1.165) is 51.4 Å². The monoisotopic (exact) mass is 243 g/mol. The highest BCUT2D eigenvalue weighted by atomic mass is 16.4. The van der Waals surface area contributed by atoms with Gasteiger partial charge in [-0.3, -0.25) is 9.69 Å². The lowest BCUT2D eigenvalue weighted by Gasteiger charge is -2.36. The van der Waals surface area contributed by atoms with E-state index < -0.39 is 11.5 Å². The van der Waals surface area contributed by atoms with Crippen LogP contribution >= 0.6 is 0 Å². The molecule has 0 aromatic rings. The molecule has 0 aromatic heterocycles. The van der Waals surface area contributed by atoms with Gasteiger partial charge in [-0.05, 0) is 26.9 Å². The summed E-state index contributed by atoms with van der Waals surface area (Å²) in [4.78, 5) is 13.5. The Balaban J connectivity index is 4.56. The van der Waals surface area contributed by atoms with Gasteiger partial charge in [0.2, 0.25) is 0 Å². The minimum Gasteiger partial charge on any atom is -0.480 e. The smallest absolute Gasteiger partial charge is 0.324 e. The second-order valence-corrected chi connectivity index (χ2v) is 5.15. The molecule has 0 unspecified atom stereocenters. The van der Waals surface area contributed by atoms with Gasteiger partial charge in [0.05, 0.1) is 0 Å². The van der Waals surface area contributed by atoms with Gasteiger partial charge >= 0.3 is 5.97 Å². The molecule has 3 heteroatoms. The van der Waals surface area contributed by atoms with Crippen molar-refractivity contribution in [1.82, 2.24) is 4.90 Å². The summed E-state index contributed by atoms with van der Waals surface area (Å²) in [6.07, 6.45) is 8.07. The van der Waals surface area contributed by atoms with Gasteiger partial charge in [-0.1, -0.05) is 52.4 Å². The summed E-state index contributed by atoms with van der Waals surface area (Å²) in [5, 5.41) is 9.55. The number of nitrogens with zero attached hydrogens (tertiary/aromatic N) is 1. The van der Waals surface area contributed by atoms with E-state index >= 15 is 0 Å². The molecule has 0 rings (SSSR count). The first-order valence-corrected chi connectivity index (χ1v) is 6.92. The number of carboxylic acid groups (broad SMARTS) is 1. The number of carboxylic acids is 1. The van der Waals surface area contributed by atoms with Crippen molar-refractivity contribution in [3.63, 3.8) is 0 Å². The van der Waals surface area contributed by atoms with Crippen LogP contribution in [-0.4, -0.2) is 35.6 Å². The molecule has 0 saturated carbocycles. The third-order valence-corrected chi connectivity index (χ3v) is 3.64. The van der Waals surface area contributed by atoms with Gasteiger partial charge in [0.1, 0.15) is 5.54 Å². The fourth-order valence-electron chi connectivity index (χ4n) is 2.31. The van der Waals surface area contributed by atoms with Crippen LogP contribution in [0.3, 0.4) is 0 Å². The van der Waals surface area contributed by atoms with E-state index in [1.807, 2.05) is 19.0 Å². The molecule has 3 nitrogen and oxygen atoms in total. The van der Waals surface area contributed by atoms with Crippen molar-refractivity contribution >= 4 is 5.97 Å². The Hall–Kier alpha value is -0.570. The largest absolute Gasteiger partial charge is 0.480 e. The molecule has 0 amide bonds. The Kier molecular flexibility index (Phi) is 8.23. The van der Waals surface area contributed by atoms with Crippen molar-refractivity contribution < 1.29 is 9.90 Å². The van der Waals surface area contributed by atoms with Crippen molar-refractivity contribution in [2.75, 3.05) is 14.1 Å². The molecule has 0 aromatic carbocycles. The first kappa shape index (κ1) is 16.4. The van der Waals surface area contributed by atoms with Crippen LogP contribution in [0.5, 0.6) is 0 Å². The van der Waals surface area contributed by atoms with Gasteiger partial charge < -0.3 is 5.11 Å². The van der Waals surface area contributed by atoms with Crippen molar-refractivity contribution in [3.8, 4) is 0 Å². The average Bonchev–Trinajstić information content (AvgIpc) is 2.26. The van der Waals surface area contributed by atoms with Gasteiger partial charge in [-0.25, -0.2) is 0 Å². The van der Waals surface area contributed by atoms with E-state index in [9.17, 15) is 9.90 Å². The zero-order valence-corrected chi connectivity index (χ0v) is 12.0. The maximum Gasteiger partial charge on any atom is 0.324 e. The second-order valence-electron chi connectivity index (χ2n) is 5.15. The van der Waals surface area contributed by atoms with Crippen LogP contribution in [0.25, 0.3) is 0 Å². The normalized spacial score (nSPS) is 12.1. The Morgan fingerprint density at radius 3 is 1.65 bits per heavy atom. The molecule has 0 fully saturated rings. The van der Waals surface area contributed by atoms with Crippen LogP contribution in [0.1, 0.15) is 65.2 Å². The molecule has 0 heterocycles. The molecular formula is C14H29NO2. The van der Waals surface area contributed by atoms with Crippen LogP contribution in [-0.2, 0) is 4.79 Å². The van der Waals surface area contributed by atoms with E-state index in [1.54, 1.807) is 0 Å². The molecule has 102 valence electrons. The number of likely N-dealkylation sites (N-methyl/N-ethyl adjacent to an activating group) is 1. The predicted octanol–water partition coefficient (Wildman–Crippen LogP) is 3.53. The maximum atomic E-state index is 11.6. The summed E-state index contributed by atoms with van der Waals surface area (Å²) < 4.78 is 0. The Bertz CT molecular complexity index is 204. The number of carbonyl (C=O) groups is 1. The minimum absolute atomic E-state index is 0.648. The average molecular weight is 243 g/mol. The Morgan fingerprint density at radius 1 is 1.00 bits per heavy atom. The summed E-state index contributed by atoms with van der Waals surface area (Å²) in [6, 6.07) is 0. The number of aliphatic carboxylic acids is 1. The van der Waals surface area contributed by atoms with E-state index in [1.165, 1.54) is 0 Å². The van der Waals surface area contributed by atoms with Gasteiger partial charge in [-0.15, -0.1) is 0 Å². The molecule has 0 aliphatic rings. The number of hydrogen-bond acceptors (Lipinski definition) is 2. The van der Waals surface area contributed by atoms with E-state index in [-0.39, 0.29) is 0 Å². The van der Waals surface area contributed by atoms with Crippen LogP contribution in [0.4, 0.5) is 0 Å². The molecule has 1 N–H and O–H groups in total. The summed E-state index contributed by atoms with van der Waals surface area (Å²) in [6.45, 7) is 4.30. The third kappa shape index (κ3) is 5.07. The van der Waals surface area contributed by atoms with E-state index in [2.05, 4.69) is 13.8 Å². The van der Waals surface area contributed by atoms with Crippen LogP contribution in [0.15, 0.2) is 0 Å². The molecule has 0 bridgehead atoms. The minimum atomic E-state index is -0.658. The highest BCUT2D eigenvalue weighted by molar-refractivity contribution is 5.78. The number of unbranched alkanes of at least 4 members (excludes halogenated alkanes) is 4. The summed E-state index contributed by atoms with van der Waals surface area (Å²) in [7, 11) is 3.79. The van der Waals surface area contributed by atoms with Crippen LogP contribution in [0, 0.1) is 0 Å². The number of hydrogen-bond donors (Lipinski definition) is 1. The van der Waals surface area contributed by atoms with Gasteiger partial charge in [0.15, 0.2) is 0 Å². The molecular weight excluding hydrogens is 214 g/mol. The standard InChI is InChI=1S/C14H29NO2/c1-5-7-9-11-14(13(16)17,15(3)4)12-10-8-6-2/h5-12H2,1-4H3,(H,16,17). The van der Waals surface area contributed by atoms with E-state index in [0.29, 0.717) is 0 Å². The lowest BCUT2D eigenvalue weighted by molar-refractivity contribution is -0.151. The molecule has 0 spiro atoms. The lowest BCUT2D eigenvalue weighted by atomic mass is 9.85. The maximum absolute atomic E-state index is 11.6. The zero-order chi connectivity index (χ0) is 13.3. The number of rotatable bonds is 10. The van der Waals surface area contributed by atoms with Gasteiger partial charge in [0.25, 0.3) is 0 Å². The Morgan fingerprint density at radius 2 is 1.41 bits per heavy atom. The highest BCUT2D eigenvalue weighted by Crippen LogP contribution is 2.27. The molecule has 0 atom stereocenters. The highest BCUT2D eigenvalue weighted by Gasteiger charge is 2.39. The molecule has 17 heavy (non-hydrogen) atoms. The second kappa shape index (κ2) is 8.51. The Labute approximate surface area is 106 Å². The fourth-order valence-corrected chi connectivity index (χ4v) is 2.31. The van der Waals surface area contributed by atoms with E-state index in [4.69, 9.17) is 0 Å². The third-order valence-electron chi connectivity index (χ3n) is 3.64. The quantitative estimate of drug-likeness (QED) is 0.597. The molecule has 0 saturated heterocycles. The van der Waals surface area contributed by atoms with Crippen molar-refractivity contribution in [2.24, 2.45) is 0 Å². The first-order valence-electron chi connectivity index (χ1n) is 6.92. The predicted molar refractivity (Wildman–Crippen MR) is 72.3 cm³/mol. The van der Waals surface area contributed by atoms with Crippen molar-refractivity contribution in [3.05, 3.63) is 0 Å². The van der Waals surface area contributed by atoms with Crippen molar-refractivity contribution in [1.29, 1.82) is 0 Å². The SMILES string of the molecule is CCCCCC(CCCCC)(C(=O)O)N(C)C. The van der Waals surface area contributed by atoms with Crippen molar-refractivity contribution in [2.45, 2.75) is 70.8 Å². The van der Waals surface area contributed by atoms with Crippen LogP contribution in [0.2, 0.25) is 0 Å². The summed E-state index contributed by atoms with van der Waals surface area (Å²) >= 11 is 0. The van der Waals surface area contributed by atoms with Gasteiger partial charge in [-0.2, -0.15) is 0 Å². The molecule has 0 radical (unpaired) electrons. The lowest BCUT2D eigenvalue weighted by Crippen LogP contribution is -2.51. The first-order chi connectivity index (χ1) is 8.01. The summed E-state index contributed by atoms with van der Waals surface area (Å²) in [5.41, 5.74) is -0.648. The molecule has 0 aliphatic carbocycles. The zero-order valence-electron chi connectivity index (χ0n) is 12.0. The fraction of sp³-hybridized carbons (Fsp3) is 0.929. The van der Waals surface area contributed by atoms with Crippen LogP contribution < -0.4 is 0 Å².